The van der Waals surface area contributed by atoms with Crippen LogP contribution in [-0.4, -0.2) is 12.7 Å². The lowest BCUT2D eigenvalue weighted by atomic mass is 9.90. The quantitative estimate of drug-likeness (QED) is 0.616. The standard InChI is InChI=1S/C9H16FN/c1-4-5-9(10)8(6-11)7(2)3/h1,7-9H,5-6,11H2,2-3H3. The van der Waals surface area contributed by atoms with E-state index in [0.29, 0.717) is 6.54 Å². The molecule has 0 aliphatic heterocycles. The van der Waals surface area contributed by atoms with E-state index in [2.05, 4.69) is 5.92 Å². The van der Waals surface area contributed by atoms with Crippen LogP contribution in [0.5, 0.6) is 0 Å². The molecule has 0 aliphatic carbocycles. The minimum absolute atomic E-state index is 0.0916. The van der Waals surface area contributed by atoms with Crippen molar-refractivity contribution in [2.45, 2.75) is 26.4 Å². The molecule has 2 N–H and O–H groups in total. The fourth-order valence-corrected chi connectivity index (χ4v) is 1.10. The van der Waals surface area contributed by atoms with E-state index in [1.807, 2.05) is 13.8 Å². The maximum atomic E-state index is 13.1. The molecule has 1 nitrogen and oxygen atoms in total. The number of terminal acetylenes is 1. The van der Waals surface area contributed by atoms with Gasteiger partial charge in [0.05, 0.1) is 0 Å². The molecule has 0 aromatic carbocycles. The van der Waals surface area contributed by atoms with Gasteiger partial charge < -0.3 is 5.73 Å². The highest BCUT2D eigenvalue weighted by molar-refractivity contribution is 4.90. The highest BCUT2D eigenvalue weighted by Crippen LogP contribution is 2.18. The van der Waals surface area contributed by atoms with E-state index in [4.69, 9.17) is 12.2 Å². The number of rotatable bonds is 4. The smallest absolute Gasteiger partial charge is 0.115 e. The second-order valence-corrected chi connectivity index (χ2v) is 3.07. The Balaban J connectivity index is 3.93. The Morgan fingerprint density at radius 3 is 2.36 bits per heavy atom. The van der Waals surface area contributed by atoms with Gasteiger partial charge in [0.25, 0.3) is 0 Å². The Morgan fingerprint density at radius 1 is 1.55 bits per heavy atom. The normalized spacial score (nSPS) is 16.0. The molecule has 0 radical (unpaired) electrons. The van der Waals surface area contributed by atoms with Crippen molar-refractivity contribution < 1.29 is 4.39 Å². The highest BCUT2D eigenvalue weighted by atomic mass is 19.1. The molecule has 0 aromatic heterocycles. The van der Waals surface area contributed by atoms with Crippen molar-refractivity contribution in [2.75, 3.05) is 6.54 Å². The maximum absolute atomic E-state index is 13.1. The van der Waals surface area contributed by atoms with E-state index in [1.165, 1.54) is 0 Å². The first-order chi connectivity index (χ1) is 5.13. The first-order valence-electron chi connectivity index (χ1n) is 3.91. The van der Waals surface area contributed by atoms with Crippen LogP contribution in [0.3, 0.4) is 0 Å². The molecule has 0 spiro atoms. The molecule has 0 fully saturated rings. The molecule has 0 aliphatic rings. The molecule has 64 valence electrons. The monoisotopic (exact) mass is 157 g/mol. The summed E-state index contributed by atoms with van der Waals surface area (Å²) in [6.07, 6.45) is 4.23. The molecule has 2 heteroatoms. The fraction of sp³-hybridized carbons (Fsp3) is 0.778. The lowest BCUT2D eigenvalue weighted by Crippen LogP contribution is -2.29. The van der Waals surface area contributed by atoms with Crippen molar-refractivity contribution in [3.8, 4) is 12.3 Å². The van der Waals surface area contributed by atoms with Crippen molar-refractivity contribution in [1.82, 2.24) is 0 Å². The van der Waals surface area contributed by atoms with Gasteiger partial charge in [-0.1, -0.05) is 13.8 Å². The van der Waals surface area contributed by atoms with Gasteiger partial charge in [-0.25, -0.2) is 4.39 Å². The minimum atomic E-state index is -0.940. The van der Waals surface area contributed by atoms with Crippen LogP contribution in [0.25, 0.3) is 0 Å². The fourth-order valence-electron chi connectivity index (χ4n) is 1.10. The largest absolute Gasteiger partial charge is 0.330 e. The van der Waals surface area contributed by atoms with Crippen LogP contribution in [0.15, 0.2) is 0 Å². The number of nitrogens with two attached hydrogens (primary N) is 1. The molecule has 0 aromatic rings. The Morgan fingerprint density at radius 2 is 2.09 bits per heavy atom. The van der Waals surface area contributed by atoms with Gasteiger partial charge in [-0.3, -0.25) is 0 Å². The van der Waals surface area contributed by atoms with Crippen molar-refractivity contribution in [2.24, 2.45) is 17.6 Å². The molecular formula is C9H16FN. The van der Waals surface area contributed by atoms with Crippen LogP contribution in [0.4, 0.5) is 4.39 Å². The van der Waals surface area contributed by atoms with Crippen LogP contribution in [0.2, 0.25) is 0 Å². The van der Waals surface area contributed by atoms with E-state index in [9.17, 15) is 4.39 Å². The van der Waals surface area contributed by atoms with Crippen molar-refractivity contribution in [1.29, 1.82) is 0 Å². The summed E-state index contributed by atoms with van der Waals surface area (Å²) in [5.74, 6) is 2.48. The summed E-state index contributed by atoms with van der Waals surface area (Å²) in [6, 6.07) is 0. The van der Waals surface area contributed by atoms with Gasteiger partial charge in [-0.2, -0.15) is 0 Å². The molecule has 0 amide bonds. The third kappa shape index (κ3) is 3.38. The second-order valence-electron chi connectivity index (χ2n) is 3.07. The Bertz CT molecular complexity index is 137. The Hall–Kier alpha value is -0.550. The molecule has 0 heterocycles. The summed E-state index contributed by atoms with van der Waals surface area (Å²) in [4.78, 5) is 0. The lowest BCUT2D eigenvalue weighted by molar-refractivity contribution is 0.190. The van der Waals surface area contributed by atoms with E-state index in [0.717, 1.165) is 0 Å². The molecule has 2 atom stereocenters. The van der Waals surface area contributed by atoms with Gasteiger partial charge in [0.2, 0.25) is 0 Å². The van der Waals surface area contributed by atoms with Crippen LogP contribution < -0.4 is 5.73 Å². The zero-order valence-corrected chi connectivity index (χ0v) is 7.18. The topological polar surface area (TPSA) is 26.0 Å². The van der Waals surface area contributed by atoms with Crippen LogP contribution in [-0.2, 0) is 0 Å². The third-order valence-corrected chi connectivity index (χ3v) is 1.91. The number of hydrogen-bond acceptors (Lipinski definition) is 1. The minimum Gasteiger partial charge on any atom is -0.330 e. The first-order valence-corrected chi connectivity index (χ1v) is 3.91. The zero-order valence-electron chi connectivity index (χ0n) is 7.18. The summed E-state index contributed by atoms with van der Waals surface area (Å²) in [7, 11) is 0. The van der Waals surface area contributed by atoms with Gasteiger partial charge >= 0.3 is 0 Å². The van der Waals surface area contributed by atoms with Crippen molar-refractivity contribution in [3.05, 3.63) is 0 Å². The molecule has 11 heavy (non-hydrogen) atoms. The van der Waals surface area contributed by atoms with E-state index >= 15 is 0 Å². The summed E-state index contributed by atoms with van der Waals surface area (Å²) in [6.45, 7) is 4.29. The van der Waals surface area contributed by atoms with Gasteiger partial charge in [-0.05, 0) is 12.5 Å². The van der Waals surface area contributed by atoms with E-state index < -0.39 is 6.17 Å². The lowest BCUT2D eigenvalue weighted by Gasteiger charge is -2.21. The molecule has 2 unspecified atom stereocenters. The van der Waals surface area contributed by atoms with Crippen LogP contribution >= 0.6 is 0 Å². The number of hydrogen-bond donors (Lipinski definition) is 1. The predicted octanol–water partition coefficient (Wildman–Crippen LogP) is 1.58. The number of halogens is 1. The third-order valence-electron chi connectivity index (χ3n) is 1.91. The van der Waals surface area contributed by atoms with Crippen molar-refractivity contribution >= 4 is 0 Å². The van der Waals surface area contributed by atoms with Crippen LogP contribution in [0, 0.1) is 24.2 Å². The molecule has 0 saturated carbocycles. The summed E-state index contributed by atoms with van der Waals surface area (Å²) in [5.41, 5.74) is 5.40. The van der Waals surface area contributed by atoms with Gasteiger partial charge in [0.15, 0.2) is 0 Å². The molecular weight excluding hydrogens is 141 g/mol. The zero-order chi connectivity index (χ0) is 8.85. The molecule has 0 saturated heterocycles. The molecule has 0 rings (SSSR count). The predicted molar refractivity (Wildman–Crippen MR) is 45.7 cm³/mol. The van der Waals surface area contributed by atoms with E-state index in [-0.39, 0.29) is 18.3 Å². The summed E-state index contributed by atoms with van der Waals surface area (Å²) in [5, 5.41) is 0. The van der Waals surface area contributed by atoms with Gasteiger partial charge in [-0.15, -0.1) is 12.3 Å². The van der Waals surface area contributed by atoms with E-state index in [1.54, 1.807) is 0 Å². The highest BCUT2D eigenvalue weighted by Gasteiger charge is 2.21. The Kier molecular flexibility index (Phi) is 4.89. The SMILES string of the molecule is C#CCC(F)C(CN)C(C)C. The summed E-state index contributed by atoms with van der Waals surface area (Å²) < 4.78 is 13.1. The Labute approximate surface area is 68.2 Å². The van der Waals surface area contributed by atoms with Gasteiger partial charge in [0, 0.05) is 12.3 Å². The summed E-state index contributed by atoms with van der Waals surface area (Å²) >= 11 is 0. The average molecular weight is 157 g/mol. The number of alkyl halides is 1. The maximum Gasteiger partial charge on any atom is 0.115 e. The average Bonchev–Trinajstić information content (AvgIpc) is 1.88. The first kappa shape index (κ1) is 10.4. The molecule has 0 bridgehead atoms. The van der Waals surface area contributed by atoms with Crippen LogP contribution in [0.1, 0.15) is 20.3 Å². The van der Waals surface area contributed by atoms with Gasteiger partial charge in [0.1, 0.15) is 6.17 Å². The van der Waals surface area contributed by atoms with Crippen molar-refractivity contribution in [3.63, 3.8) is 0 Å². The second kappa shape index (κ2) is 5.15.